The second-order valence-corrected chi connectivity index (χ2v) is 8.42. The summed E-state index contributed by atoms with van der Waals surface area (Å²) in [4.78, 5) is 28.7. The van der Waals surface area contributed by atoms with Crippen LogP contribution < -0.4 is 10.7 Å². The van der Waals surface area contributed by atoms with Gasteiger partial charge in [0.2, 0.25) is 0 Å². The van der Waals surface area contributed by atoms with Crippen molar-refractivity contribution >= 4 is 16.9 Å². The molecule has 0 saturated carbocycles. The number of rotatable bonds is 6. The molecule has 5 rings (SSSR count). The zero-order valence-electron chi connectivity index (χ0n) is 18.5. The number of hydrogen-bond donors (Lipinski definition) is 1. The maximum atomic E-state index is 13.3. The summed E-state index contributed by atoms with van der Waals surface area (Å²) in [5.41, 5.74) is 1.85. The van der Waals surface area contributed by atoms with Crippen LogP contribution in [0.1, 0.15) is 40.6 Å². The highest BCUT2D eigenvalue weighted by Crippen LogP contribution is 2.28. The fraction of sp³-hybridized carbons (Fsp3) is 0.259. The average molecular weight is 443 g/mol. The molecule has 0 aliphatic carbocycles. The van der Waals surface area contributed by atoms with Crippen LogP contribution in [0, 0.1) is 6.92 Å². The van der Waals surface area contributed by atoms with Crippen LogP contribution in [0.2, 0.25) is 0 Å². The van der Waals surface area contributed by atoms with Crippen LogP contribution in [-0.2, 0) is 0 Å². The van der Waals surface area contributed by atoms with Crippen molar-refractivity contribution in [3.63, 3.8) is 0 Å². The highest BCUT2D eigenvalue weighted by molar-refractivity contribution is 6.05. The Bertz CT molecular complexity index is 1320. The molecule has 168 valence electrons. The lowest BCUT2D eigenvalue weighted by Gasteiger charge is -2.26. The lowest BCUT2D eigenvalue weighted by Crippen LogP contribution is -2.36. The van der Waals surface area contributed by atoms with Gasteiger partial charge in [-0.3, -0.25) is 14.5 Å². The maximum Gasteiger partial charge on any atom is 0.255 e. The Balaban J connectivity index is 1.48. The van der Waals surface area contributed by atoms with Gasteiger partial charge in [0.25, 0.3) is 5.91 Å². The largest absolute Gasteiger partial charge is 0.468 e. The molecule has 2 aromatic heterocycles. The molecule has 6 heteroatoms. The first-order valence-electron chi connectivity index (χ1n) is 11.3. The third kappa shape index (κ3) is 4.10. The van der Waals surface area contributed by atoms with Gasteiger partial charge in [0.05, 0.1) is 23.3 Å². The molecular weight excluding hydrogens is 416 g/mol. The Morgan fingerprint density at radius 1 is 1.03 bits per heavy atom. The van der Waals surface area contributed by atoms with Crippen LogP contribution in [0.25, 0.3) is 22.3 Å². The number of nitrogens with one attached hydrogen (secondary N) is 1. The molecule has 0 bridgehead atoms. The number of carbonyl (C=O) groups is 1. The van der Waals surface area contributed by atoms with Crippen LogP contribution >= 0.6 is 0 Å². The number of nitrogens with zero attached hydrogens (tertiary/aromatic N) is 1. The fourth-order valence-corrected chi connectivity index (χ4v) is 4.58. The molecule has 1 atom stereocenters. The third-order valence-electron chi connectivity index (χ3n) is 6.33. The summed E-state index contributed by atoms with van der Waals surface area (Å²) in [6.07, 6.45) is 3.94. The smallest absolute Gasteiger partial charge is 0.255 e. The minimum absolute atomic E-state index is 0.0319. The van der Waals surface area contributed by atoms with E-state index in [1.807, 2.05) is 42.5 Å². The van der Waals surface area contributed by atoms with Crippen molar-refractivity contribution in [2.24, 2.45) is 0 Å². The van der Waals surface area contributed by atoms with E-state index in [1.54, 1.807) is 31.4 Å². The normalized spacial score (nSPS) is 15.1. The SMILES string of the molecule is Cc1c(-c2ccccc2)oc2c(C(=O)NCC(c3ccco3)N3CCCC3)cccc2c1=O. The van der Waals surface area contributed by atoms with Crippen molar-refractivity contribution in [2.75, 3.05) is 19.6 Å². The Kier molecular flexibility index (Phi) is 5.84. The van der Waals surface area contributed by atoms with Gasteiger partial charge in [0, 0.05) is 17.7 Å². The summed E-state index contributed by atoms with van der Waals surface area (Å²) in [5, 5.41) is 3.45. The van der Waals surface area contributed by atoms with E-state index in [9.17, 15) is 9.59 Å². The molecule has 33 heavy (non-hydrogen) atoms. The van der Waals surface area contributed by atoms with E-state index < -0.39 is 0 Å². The van der Waals surface area contributed by atoms with Crippen LogP contribution in [0.15, 0.2) is 80.6 Å². The minimum Gasteiger partial charge on any atom is -0.468 e. The number of amides is 1. The van der Waals surface area contributed by atoms with Crippen LogP contribution in [0.4, 0.5) is 0 Å². The van der Waals surface area contributed by atoms with Gasteiger partial charge in [-0.2, -0.15) is 0 Å². The number of para-hydroxylation sites is 1. The molecular formula is C27H26N2O4. The second kappa shape index (κ2) is 9.08. The molecule has 3 heterocycles. The number of benzene rings is 2. The van der Waals surface area contributed by atoms with Gasteiger partial charge < -0.3 is 14.2 Å². The monoisotopic (exact) mass is 442 g/mol. The van der Waals surface area contributed by atoms with Gasteiger partial charge in [-0.05, 0) is 57.1 Å². The van der Waals surface area contributed by atoms with Gasteiger partial charge in [-0.15, -0.1) is 0 Å². The van der Waals surface area contributed by atoms with Crippen molar-refractivity contribution in [2.45, 2.75) is 25.8 Å². The van der Waals surface area contributed by atoms with Crippen LogP contribution in [-0.4, -0.2) is 30.4 Å². The third-order valence-corrected chi connectivity index (χ3v) is 6.33. The molecule has 0 spiro atoms. The summed E-state index contributed by atoms with van der Waals surface area (Å²) >= 11 is 0. The first kappa shape index (κ1) is 21.2. The van der Waals surface area contributed by atoms with E-state index in [4.69, 9.17) is 8.83 Å². The highest BCUT2D eigenvalue weighted by Gasteiger charge is 2.27. The topological polar surface area (TPSA) is 75.7 Å². The molecule has 6 nitrogen and oxygen atoms in total. The first-order valence-corrected chi connectivity index (χ1v) is 11.3. The number of likely N-dealkylation sites (tertiary alicyclic amines) is 1. The molecule has 1 unspecified atom stereocenters. The number of carbonyl (C=O) groups excluding carboxylic acids is 1. The summed E-state index contributed by atoms with van der Waals surface area (Å²) in [5.74, 6) is 1.05. The molecule has 1 saturated heterocycles. The fourth-order valence-electron chi connectivity index (χ4n) is 4.58. The maximum absolute atomic E-state index is 13.3. The Hall–Kier alpha value is -3.64. The van der Waals surface area contributed by atoms with Crippen molar-refractivity contribution < 1.29 is 13.6 Å². The van der Waals surface area contributed by atoms with Crippen molar-refractivity contribution in [3.05, 3.63) is 94.0 Å². The minimum atomic E-state index is -0.276. The Morgan fingerprint density at radius 3 is 2.55 bits per heavy atom. The van der Waals surface area contributed by atoms with Crippen LogP contribution in [0.5, 0.6) is 0 Å². The van der Waals surface area contributed by atoms with E-state index in [2.05, 4.69) is 10.2 Å². The number of fused-ring (bicyclic) bond motifs is 1. The number of furan rings is 1. The van der Waals surface area contributed by atoms with E-state index in [1.165, 1.54) is 0 Å². The van der Waals surface area contributed by atoms with Crippen molar-refractivity contribution in [1.82, 2.24) is 10.2 Å². The molecule has 1 N–H and O–H groups in total. The van der Waals surface area contributed by atoms with E-state index in [-0.39, 0.29) is 17.4 Å². The predicted octanol–water partition coefficient (Wildman–Crippen LogP) is 4.93. The van der Waals surface area contributed by atoms with Gasteiger partial charge in [0.15, 0.2) is 11.0 Å². The van der Waals surface area contributed by atoms with Gasteiger partial charge in [-0.25, -0.2) is 0 Å². The van der Waals surface area contributed by atoms with E-state index >= 15 is 0 Å². The van der Waals surface area contributed by atoms with Crippen LogP contribution in [0.3, 0.4) is 0 Å². The van der Waals surface area contributed by atoms with Crippen molar-refractivity contribution in [1.29, 1.82) is 0 Å². The van der Waals surface area contributed by atoms with E-state index in [0.29, 0.717) is 34.4 Å². The van der Waals surface area contributed by atoms with Crippen molar-refractivity contribution in [3.8, 4) is 11.3 Å². The lowest BCUT2D eigenvalue weighted by atomic mass is 10.0. The Labute approximate surface area is 191 Å². The summed E-state index contributed by atoms with van der Waals surface area (Å²) in [6, 6.07) is 18.4. The average Bonchev–Trinajstić information content (AvgIpc) is 3.57. The van der Waals surface area contributed by atoms with Gasteiger partial charge in [-0.1, -0.05) is 36.4 Å². The second-order valence-electron chi connectivity index (χ2n) is 8.42. The van der Waals surface area contributed by atoms with E-state index in [0.717, 1.165) is 37.3 Å². The molecule has 1 amide bonds. The zero-order valence-corrected chi connectivity index (χ0v) is 18.5. The molecule has 4 aromatic rings. The number of hydrogen-bond acceptors (Lipinski definition) is 5. The molecule has 0 radical (unpaired) electrons. The van der Waals surface area contributed by atoms with Gasteiger partial charge >= 0.3 is 0 Å². The summed E-state index contributed by atoms with van der Waals surface area (Å²) < 4.78 is 11.9. The molecule has 1 fully saturated rings. The lowest BCUT2D eigenvalue weighted by molar-refractivity contribution is 0.0934. The molecule has 1 aliphatic rings. The van der Waals surface area contributed by atoms with Gasteiger partial charge in [0.1, 0.15) is 11.5 Å². The quantitative estimate of drug-likeness (QED) is 0.458. The highest BCUT2D eigenvalue weighted by atomic mass is 16.3. The molecule has 1 aliphatic heterocycles. The Morgan fingerprint density at radius 2 is 1.82 bits per heavy atom. The first-order chi connectivity index (χ1) is 16.1. The standard InChI is InChI=1S/C27H26N2O4/c1-18-24(30)20-11-7-12-21(26(20)33-25(18)19-9-3-2-4-10-19)27(31)28-17-22(23-13-8-16-32-23)29-14-5-6-15-29/h2-4,7-13,16,22H,5-6,14-15,17H2,1H3,(H,28,31). The predicted molar refractivity (Wildman–Crippen MR) is 127 cm³/mol. The zero-order chi connectivity index (χ0) is 22.8. The summed E-state index contributed by atoms with van der Waals surface area (Å²) in [7, 11) is 0. The molecule has 2 aromatic carbocycles. The summed E-state index contributed by atoms with van der Waals surface area (Å²) in [6.45, 7) is 4.11.